The highest BCUT2D eigenvalue weighted by Gasteiger charge is 2.47. The van der Waals surface area contributed by atoms with Gasteiger partial charge in [0.1, 0.15) is 11.9 Å². The highest BCUT2D eigenvalue weighted by atomic mass is 19.1. The van der Waals surface area contributed by atoms with Crippen LogP contribution in [0.5, 0.6) is 5.75 Å². The number of halogens is 1. The van der Waals surface area contributed by atoms with Gasteiger partial charge in [-0.2, -0.15) is 5.10 Å². The van der Waals surface area contributed by atoms with Crippen LogP contribution < -0.4 is 19.9 Å². The summed E-state index contributed by atoms with van der Waals surface area (Å²) < 4.78 is 22.5. The van der Waals surface area contributed by atoms with Gasteiger partial charge in [-0.05, 0) is 55.6 Å². The Kier molecular flexibility index (Phi) is 8.66. The molecular formula is C37H41FN8O7. The lowest BCUT2D eigenvalue weighted by molar-refractivity contribution is -0.385. The summed E-state index contributed by atoms with van der Waals surface area (Å²) in [6.45, 7) is 5.87. The first kappa shape index (κ1) is 34.7. The molecule has 15 nitrogen and oxygen atoms in total. The van der Waals surface area contributed by atoms with E-state index in [4.69, 9.17) is 4.74 Å². The lowest BCUT2D eigenvalue weighted by atomic mass is 9.71. The molecule has 5 aliphatic rings. The van der Waals surface area contributed by atoms with Crippen LogP contribution in [0.25, 0.3) is 11.1 Å². The van der Waals surface area contributed by atoms with Crippen LogP contribution in [0.15, 0.2) is 36.7 Å². The molecule has 1 spiro atoms. The molecule has 3 aromatic rings. The Bertz CT molecular complexity index is 2030. The number of nitrogens with one attached hydrogen (secondary N) is 1. The fraction of sp³-hybridized carbons (Fsp3) is 0.486. The van der Waals surface area contributed by atoms with Gasteiger partial charge in [0.15, 0.2) is 5.75 Å². The van der Waals surface area contributed by atoms with E-state index < -0.39 is 40.4 Å². The lowest BCUT2D eigenvalue weighted by Gasteiger charge is -2.55. The lowest BCUT2D eigenvalue weighted by Crippen LogP contribution is -2.61. The highest BCUT2D eigenvalue weighted by Crippen LogP contribution is 2.46. The molecule has 4 amide bonds. The molecule has 53 heavy (non-hydrogen) atoms. The molecule has 1 unspecified atom stereocenters. The van der Waals surface area contributed by atoms with Crippen molar-refractivity contribution in [2.24, 2.45) is 18.4 Å². The Labute approximate surface area is 304 Å². The summed E-state index contributed by atoms with van der Waals surface area (Å²) in [4.78, 5) is 69.4. The molecule has 0 aliphatic carbocycles. The summed E-state index contributed by atoms with van der Waals surface area (Å²) in [7, 11) is 3.27. The van der Waals surface area contributed by atoms with Crippen molar-refractivity contribution in [1.29, 1.82) is 0 Å². The van der Waals surface area contributed by atoms with E-state index in [0.29, 0.717) is 19.0 Å². The van der Waals surface area contributed by atoms with E-state index >= 15 is 4.39 Å². The number of piperidine rings is 3. The number of methoxy groups -OCH3 is 1. The predicted octanol–water partition coefficient (Wildman–Crippen LogP) is 3.36. The van der Waals surface area contributed by atoms with E-state index in [-0.39, 0.29) is 46.5 Å². The number of carbonyl (C=O) groups is 4. The van der Waals surface area contributed by atoms with Gasteiger partial charge in [0.2, 0.25) is 11.8 Å². The maximum absolute atomic E-state index is 15.4. The first-order valence-electron chi connectivity index (χ1n) is 18.1. The molecule has 4 saturated heterocycles. The molecule has 4 fully saturated rings. The van der Waals surface area contributed by atoms with E-state index in [0.717, 1.165) is 86.2 Å². The van der Waals surface area contributed by atoms with Crippen molar-refractivity contribution in [1.82, 2.24) is 24.9 Å². The summed E-state index contributed by atoms with van der Waals surface area (Å²) in [5.74, 6) is -2.41. The van der Waals surface area contributed by atoms with Crippen molar-refractivity contribution < 1.29 is 33.2 Å². The Morgan fingerprint density at radius 3 is 2.25 bits per heavy atom. The molecule has 278 valence electrons. The van der Waals surface area contributed by atoms with Crippen LogP contribution in [0.2, 0.25) is 0 Å². The number of benzene rings is 2. The number of aromatic nitrogens is 2. The monoisotopic (exact) mass is 728 g/mol. The van der Waals surface area contributed by atoms with E-state index in [1.807, 2.05) is 18.1 Å². The molecule has 2 aromatic carbocycles. The summed E-state index contributed by atoms with van der Waals surface area (Å²) in [5, 5.41) is 18.3. The number of imide groups is 2. The van der Waals surface area contributed by atoms with Gasteiger partial charge in [0.05, 0.1) is 35.0 Å². The van der Waals surface area contributed by atoms with E-state index in [1.165, 1.54) is 13.2 Å². The van der Waals surface area contributed by atoms with Crippen LogP contribution in [-0.2, 0) is 16.6 Å². The maximum Gasteiger partial charge on any atom is 0.311 e. The van der Waals surface area contributed by atoms with E-state index in [9.17, 15) is 29.3 Å². The Morgan fingerprint density at radius 2 is 1.62 bits per heavy atom. The van der Waals surface area contributed by atoms with Crippen LogP contribution in [0.4, 0.5) is 21.5 Å². The first-order valence-corrected chi connectivity index (χ1v) is 18.1. The van der Waals surface area contributed by atoms with Gasteiger partial charge in [0, 0.05) is 94.4 Å². The molecule has 0 bridgehead atoms. The standard InChI is InChI=1S/C37H41FN8O7/c1-41-19-23(17-39-41)24-14-31(46(51)52)32(53-2)16-29(24)44-11-7-37(8-12-44)20-42(21-37)18-22-5-9-43(10-6-22)30-15-26-25(13-27(30)38)35(49)45(36(26)50)28-3-4-33(47)40-34(28)48/h13-17,19,22,28H,3-12,18,20-21H2,1-2H3,(H,40,47,48). The summed E-state index contributed by atoms with van der Waals surface area (Å²) in [6.07, 6.45) is 7.38. The third-order valence-electron chi connectivity index (χ3n) is 11.8. The molecule has 8 rings (SSSR count). The minimum absolute atomic E-state index is 0.0177. The third kappa shape index (κ3) is 6.17. The zero-order chi connectivity index (χ0) is 37.2. The number of likely N-dealkylation sites (tertiary alicyclic amines) is 1. The van der Waals surface area contributed by atoms with Gasteiger partial charge in [-0.15, -0.1) is 0 Å². The summed E-state index contributed by atoms with van der Waals surface area (Å²) in [5.41, 5.74) is 2.93. The van der Waals surface area contributed by atoms with Gasteiger partial charge in [-0.25, -0.2) is 4.39 Å². The minimum atomic E-state index is -1.10. The van der Waals surface area contributed by atoms with Crippen molar-refractivity contribution in [2.45, 2.75) is 44.6 Å². The topological polar surface area (TPSA) is 163 Å². The number of ether oxygens (including phenoxy) is 1. The zero-order valence-electron chi connectivity index (χ0n) is 29.7. The molecule has 1 atom stereocenters. The highest BCUT2D eigenvalue weighted by molar-refractivity contribution is 6.23. The van der Waals surface area contributed by atoms with Crippen molar-refractivity contribution >= 4 is 40.7 Å². The fourth-order valence-electron chi connectivity index (χ4n) is 8.93. The number of anilines is 2. The van der Waals surface area contributed by atoms with Gasteiger partial charge in [-0.1, -0.05) is 0 Å². The molecule has 0 saturated carbocycles. The number of nitro benzene ring substituents is 1. The molecular weight excluding hydrogens is 687 g/mol. The number of fused-ring (bicyclic) bond motifs is 1. The predicted molar refractivity (Wildman–Crippen MR) is 190 cm³/mol. The van der Waals surface area contributed by atoms with Crippen LogP contribution in [0, 0.1) is 27.3 Å². The second-order valence-electron chi connectivity index (χ2n) is 15.1. The largest absolute Gasteiger partial charge is 0.490 e. The molecule has 16 heteroatoms. The van der Waals surface area contributed by atoms with Crippen LogP contribution in [-0.4, -0.2) is 107 Å². The average molecular weight is 729 g/mol. The van der Waals surface area contributed by atoms with Gasteiger partial charge >= 0.3 is 5.69 Å². The number of rotatable bonds is 8. The van der Waals surface area contributed by atoms with Gasteiger partial charge in [0.25, 0.3) is 11.8 Å². The second kappa shape index (κ2) is 13.2. The van der Waals surface area contributed by atoms with Crippen molar-refractivity contribution in [2.75, 3.05) is 62.7 Å². The van der Waals surface area contributed by atoms with Crippen molar-refractivity contribution in [3.05, 3.63) is 63.7 Å². The average Bonchev–Trinajstić information content (AvgIpc) is 3.66. The van der Waals surface area contributed by atoms with Gasteiger partial charge < -0.3 is 19.4 Å². The Morgan fingerprint density at radius 1 is 0.943 bits per heavy atom. The number of nitro groups is 1. The number of amides is 4. The van der Waals surface area contributed by atoms with Crippen molar-refractivity contribution in [3.63, 3.8) is 0 Å². The molecule has 6 heterocycles. The van der Waals surface area contributed by atoms with Crippen LogP contribution in [0.3, 0.4) is 0 Å². The van der Waals surface area contributed by atoms with E-state index in [1.54, 1.807) is 23.0 Å². The molecule has 0 radical (unpaired) electrons. The number of carbonyl (C=O) groups excluding carboxylic acids is 4. The minimum Gasteiger partial charge on any atom is -0.490 e. The Balaban J connectivity index is 0.860. The van der Waals surface area contributed by atoms with Crippen molar-refractivity contribution in [3.8, 4) is 16.9 Å². The first-order chi connectivity index (χ1) is 25.4. The number of nitrogens with zero attached hydrogens (tertiary/aromatic N) is 7. The number of hydrogen-bond donors (Lipinski definition) is 1. The molecule has 1 aromatic heterocycles. The van der Waals surface area contributed by atoms with Crippen LogP contribution >= 0.6 is 0 Å². The number of hydrogen-bond acceptors (Lipinski definition) is 11. The molecule has 5 aliphatic heterocycles. The summed E-state index contributed by atoms with van der Waals surface area (Å²) >= 11 is 0. The third-order valence-corrected chi connectivity index (χ3v) is 11.8. The zero-order valence-corrected chi connectivity index (χ0v) is 29.7. The SMILES string of the molecule is COc1cc(N2CCC3(CC2)CN(CC2CCN(c4cc5c(cc4F)C(=O)N(C4CCC(=O)NC4=O)C5=O)CC2)C3)c(-c2cnn(C)c2)cc1[N+](=O)[O-]. The smallest absolute Gasteiger partial charge is 0.311 e. The normalized spacial score (nSPS) is 21.9. The second-order valence-corrected chi connectivity index (χ2v) is 15.1. The maximum atomic E-state index is 15.4. The Hall–Kier alpha value is -5.38. The van der Waals surface area contributed by atoms with Gasteiger partial charge in [-0.3, -0.25) is 44.2 Å². The quantitative estimate of drug-likeness (QED) is 0.206. The van der Waals surface area contributed by atoms with E-state index in [2.05, 4.69) is 20.2 Å². The fourth-order valence-corrected chi connectivity index (χ4v) is 8.93. The number of aryl methyl sites for hydroxylation is 1. The summed E-state index contributed by atoms with van der Waals surface area (Å²) in [6, 6.07) is 4.81. The molecule has 1 N–H and O–H groups in total. The van der Waals surface area contributed by atoms with Crippen LogP contribution in [0.1, 0.15) is 59.2 Å².